The van der Waals surface area contributed by atoms with E-state index in [1.165, 1.54) is 31.8 Å². The topological polar surface area (TPSA) is 99.4 Å². The van der Waals surface area contributed by atoms with E-state index in [9.17, 15) is 0 Å². The molecule has 0 unspecified atom stereocenters. The molecule has 1 aliphatic heterocycles. The van der Waals surface area contributed by atoms with Crippen LogP contribution in [-0.2, 0) is 0 Å². The first-order valence-electron chi connectivity index (χ1n) is 5.46. The predicted molar refractivity (Wildman–Crippen MR) is 60.3 cm³/mol. The summed E-state index contributed by atoms with van der Waals surface area (Å²) >= 11 is 0. The van der Waals surface area contributed by atoms with Gasteiger partial charge in [0.25, 0.3) is 0 Å². The zero-order valence-electron chi connectivity index (χ0n) is 10.9. The zero-order chi connectivity index (χ0) is 13.7. The molecule has 0 aromatic carbocycles. The van der Waals surface area contributed by atoms with Gasteiger partial charge in [0.15, 0.2) is 0 Å². The first kappa shape index (κ1) is 16.6. The molecule has 0 bridgehead atoms. The fourth-order valence-electron chi connectivity index (χ4n) is 1.60. The molecule has 0 atom stereocenters. The summed E-state index contributed by atoms with van der Waals surface area (Å²) in [5.74, 6) is 1.21. The molecule has 6 nitrogen and oxygen atoms in total. The molecular formula is C10H23ClN2O4. The standard InChI is InChI=1S/C10H20N2.ClH3O4/c1-9(11-10(2,3)4)12-7-5-6-8-12;2-1(3,4)5/h5-8H2,1-4H3;2-4H. The van der Waals surface area contributed by atoms with Crippen LogP contribution < -0.4 is 4.66 Å². The van der Waals surface area contributed by atoms with Crippen molar-refractivity contribution < 1.29 is 28.9 Å². The van der Waals surface area contributed by atoms with E-state index >= 15 is 0 Å². The van der Waals surface area contributed by atoms with Gasteiger partial charge in [-0.15, -0.1) is 0 Å². The molecule has 7 heteroatoms. The van der Waals surface area contributed by atoms with Gasteiger partial charge < -0.3 is 4.90 Å². The van der Waals surface area contributed by atoms with Crippen LogP contribution in [0.15, 0.2) is 4.99 Å². The second kappa shape index (κ2) is 6.51. The van der Waals surface area contributed by atoms with E-state index in [2.05, 4.69) is 37.6 Å². The van der Waals surface area contributed by atoms with Crippen molar-refractivity contribution in [3.05, 3.63) is 0 Å². The Hall–Kier alpha value is -0.400. The fraction of sp³-hybridized carbons (Fsp3) is 0.900. The average molecular weight is 271 g/mol. The van der Waals surface area contributed by atoms with Gasteiger partial charge in [-0.1, -0.05) is 0 Å². The summed E-state index contributed by atoms with van der Waals surface area (Å²) in [6, 6.07) is 0. The third-order valence-corrected chi connectivity index (χ3v) is 2.06. The van der Waals surface area contributed by atoms with Gasteiger partial charge in [-0.25, -0.2) is 0 Å². The van der Waals surface area contributed by atoms with Crippen molar-refractivity contribution in [1.29, 1.82) is 0 Å². The van der Waals surface area contributed by atoms with Gasteiger partial charge >= 0.3 is 28.9 Å². The molecule has 1 saturated heterocycles. The summed E-state index contributed by atoms with van der Waals surface area (Å²) in [6.07, 6.45) is 2.66. The van der Waals surface area contributed by atoms with Gasteiger partial charge in [0, 0.05) is 13.1 Å². The number of aliphatic imine (C=N–C) groups is 1. The number of amidine groups is 1. The van der Waals surface area contributed by atoms with E-state index in [0.29, 0.717) is 0 Å². The molecule has 1 heterocycles. The molecular weight excluding hydrogens is 248 g/mol. The van der Waals surface area contributed by atoms with E-state index in [-0.39, 0.29) is 5.54 Å². The summed E-state index contributed by atoms with van der Waals surface area (Å²) < 4.78 is 30.2. The quantitative estimate of drug-likeness (QED) is 0.405. The molecule has 0 radical (unpaired) electrons. The molecule has 1 rings (SSSR count). The Morgan fingerprint density at radius 2 is 1.53 bits per heavy atom. The number of nitrogens with zero attached hydrogens (tertiary/aromatic N) is 2. The molecule has 0 aliphatic carbocycles. The molecule has 0 spiro atoms. The molecule has 104 valence electrons. The van der Waals surface area contributed by atoms with Gasteiger partial charge in [0.05, 0.1) is 11.4 Å². The maximum absolute atomic E-state index is 8.83. The molecule has 0 amide bonds. The third kappa shape index (κ3) is 11.9. The third-order valence-electron chi connectivity index (χ3n) is 2.06. The van der Waals surface area contributed by atoms with Crippen LogP contribution in [0.4, 0.5) is 0 Å². The van der Waals surface area contributed by atoms with Crippen LogP contribution in [0.1, 0.15) is 40.5 Å². The molecule has 3 N–H and O–H groups in total. The molecule has 0 saturated carbocycles. The van der Waals surface area contributed by atoms with Gasteiger partial charge in [0.2, 0.25) is 0 Å². The minimum absolute atomic E-state index is 0.0761. The van der Waals surface area contributed by atoms with E-state index in [1.807, 2.05) is 0 Å². The number of halogens is 1. The van der Waals surface area contributed by atoms with Gasteiger partial charge in [-0.3, -0.25) is 4.99 Å². The van der Waals surface area contributed by atoms with Crippen molar-refractivity contribution in [2.45, 2.75) is 46.1 Å². The Bertz CT molecular complexity index is 246. The van der Waals surface area contributed by atoms with Crippen molar-refractivity contribution in [3.63, 3.8) is 0 Å². The molecule has 0 aromatic heterocycles. The van der Waals surface area contributed by atoms with E-state index < -0.39 is 10.2 Å². The summed E-state index contributed by atoms with van der Waals surface area (Å²) in [5.41, 5.74) is 0.0761. The van der Waals surface area contributed by atoms with E-state index in [0.717, 1.165) is 0 Å². The molecule has 0 aromatic rings. The first-order chi connectivity index (χ1) is 7.49. The minimum atomic E-state index is -4.19. The normalized spacial score (nSPS) is 18.8. The van der Waals surface area contributed by atoms with Crippen molar-refractivity contribution in [3.8, 4) is 0 Å². The van der Waals surface area contributed by atoms with Gasteiger partial charge in [0.1, 0.15) is 0 Å². The van der Waals surface area contributed by atoms with Crippen LogP contribution in [0.2, 0.25) is 0 Å². The Morgan fingerprint density at radius 3 is 1.82 bits per heavy atom. The molecule has 1 aliphatic rings. The van der Waals surface area contributed by atoms with Crippen LogP contribution in [0.3, 0.4) is 0 Å². The second-order valence-electron chi connectivity index (χ2n) is 4.96. The van der Waals surface area contributed by atoms with Crippen LogP contribution in [0, 0.1) is 10.2 Å². The van der Waals surface area contributed by atoms with Crippen molar-refractivity contribution in [1.82, 2.24) is 4.90 Å². The average Bonchev–Trinajstić information content (AvgIpc) is 2.47. The van der Waals surface area contributed by atoms with Crippen molar-refractivity contribution >= 4 is 5.84 Å². The van der Waals surface area contributed by atoms with Gasteiger partial charge in [-0.2, -0.15) is 0 Å². The van der Waals surface area contributed by atoms with Crippen molar-refractivity contribution in [2.75, 3.05) is 13.1 Å². The molecule has 1 fully saturated rings. The maximum atomic E-state index is 8.83. The summed E-state index contributed by atoms with van der Waals surface area (Å²) in [5, 5.41) is 0. The number of likely N-dealkylation sites (tertiary alicyclic amines) is 1. The van der Waals surface area contributed by atoms with E-state index in [1.54, 1.807) is 0 Å². The Kier molecular flexibility index (Phi) is 6.36. The van der Waals surface area contributed by atoms with Crippen LogP contribution in [-0.4, -0.2) is 43.3 Å². The number of hydrogen-bond acceptors (Lipinski definition) is 5. The Labute approximate surface area is 104 Å². The van der Waals surface area contributed by atoms with Crippen LogP contribution in [0.25, 0.3) is 0 Å². The van der Waals surface area contributed by atoms with Gasteiger partial charge in [-0.05, 0) is 40.5 Å². The van der Waals surface area contributed by atoms with Crippen LogP contribution >= 0.6 is 0 Å². The van der Waals surface area contributed by atoms with Crippen molar-refractivity contribution in [2.24, 2.45) is 4.99 Å². The first-order valence-corrected chi connectivity index (χ1v) is 6.79. The summed E-state index contributed by atoms with van der Waals surface area (Å²) in [4.78, 5) is 7.01. The number of hydrogen-bond donors (Lipinski definition) is 3. The monoisotopic (exact) mass is 270 g/mol. The number of rotatable bonds is 0. The fourth-order valence-corrected chi connectivity index (χ4v) is 1.60. The second-order valence-corrected chi connectivity index (χ2v) is 5.83. The Balaban J connectivity index is 0.000000437. The molecule has 17 heavy (non-hydrogen) atoms. The predicted octanol–water partition coefficient (Wildman–Crippen LogP) is -0.561. The SMILES string of the molecule is CC(=NC(C)(C)C)N1CCCC1.[O-][Cl+](O)(O)O. The zero-order valence-corrected chi connectivity index (χ0v) is 11.6. The summed E-state index contributed by atoms with van der Waals surface area (Å²) in [7, 11) is -4.19. The Morgan fingerprint density at radius 1 is 1.18 bits per heavy atom. The summed E-state index contributed by atoms with van der Waals surface area (Å²) in [6.45, 7) is 11.0. The van der Waals surface area contributed by atoms with E-state index in [4.69, 9.17) is 18.6 Å². The van der Waals surface area contributed by atoms with Crippen LogP contribution in [0.5, 0.6) is 0 Å².